The third kappa shape index (κ3) is 5.79. The average molecular weight is 344 g/mol. The van der Waals surface area contributed by atoms with E-state index in [2.05, 4.69) is 5.32 Å². The molecule has 1 aliphatic rings. The average Bonchev–Trinajstić information content (AvgIpc) is 2.91. The van der Waals surface area contributed by atoms with Gasteiger partial charge < -0.3 is 10.4 Å². The molecule has 2 atom stereocenters. The number of hydrogen-bond acceptors (Lipinski definition) is 3. The maximum Gasteiger partial charge on any atom is 0.401 e. The number of nitrogens with one attached hydrogen (secondary N) is 1. The van der Waals surface area contributed by atoms with E-state index in [4.69, 9.17) is 0 Å². The number of aliphatic hydroxyl groups is 1. The molecule has 0 aliphatic carbocycles. The van der Waals surface area contributed by atoms with Crippen molar-refractivity contribution in [1.29, 1.82) is 0 Å². The van der Waals surface area contributed by atoms with Crippen LogP contribution in [-0.4, -0.2) is 48.3 Å². The van der Waals surface area contributed by atoms with E-state index in [1.807, 2.05) is 6.07 Å². The van der Waals surface area contributed by atoms with Crippen molar-refractivity contribution in [3.05, 3.63) is 35.9 Å². The second kappa shape index (κ2) is 7.53. The number of likely N-dealkylation sites (tertiary alicyclic amines) is 1. The van der Waals surface area contributed by atoms with Gasteiger partial charge in [0.25, 0.3) is 0 Å². The minimum Gasteiger partial charge on any atom is -0.385 e. The Kier molecular flexibility index (Phi) is 5.87. The lowest BCUT2D eigenvalue weighted by Gasteiger charge is -2.23. The molecule has 0 radical (unpaired) electrons. The summed E-state index contributed by atoms with van der Waals surface area (Å²) in [5.41, 5.74) is -0.624. The van der Waals surface area contributed by atoms with Gasteiger partial charge in [-0.05, 0) is 31.4 Å². The van der Waals surface area contributed by atoms with Crippen LogP contribution in [0.2, 0.25) is 0 Å². The highest BCUT2D eigenvalue weighted by atomic mass is 19.4. The van der Waals surface area contributed by atoms with E-state index < -0.39 is 18.3 Å². The fraction of sp³-hybridized carbons (Fsp3) is 0.588. The minimum absolute atomic E-state index is 0.0120. The largest absolute Gasteiger partial charge is 0.401 e. The maximum atomic E-state index is 12.4. The van der Waals surface area contributed by atoms with Crippen molar-refractivity contribution in [2.45, 2.75) is 31.5 Å². The summed E-state index contributed by atoms with van der Waals surface area (Å²) >= 11 is 0. The highest BCUT2D eigenvalue weighted by Gasteiger charge is 2.34. The SMILES string of the molecule is CC(O)(CC(=O)NCC1CCN(CC(F)(F)F)C1)c1ccccc1. The van der Waals surface area contributed by atoms with Crippen LogP contribution in [-0.2, 0) is 10.4 Å². The third-order valence-corrected chi connectivity index (χ3v) is 4.26. The summed E-state index contributed by atoms with van der Waals surface area (Å²) in [5, 5.41) is 13.2. The molecule has 1 aliphatic heterocycles. The zero-order chi connectivity index (χ0) is 17.8. The van der Waals surface area contributed by atoms with Crippen LogP contribution < -0.4 is 5.32 Å². The molecule has 1 aromatic rings. The van der Waals surface area contributed by atoms with Crippen LogP contribution in [0.5, 0.6) is 0 Å². The molecule has 0 aromatic heterocycles. The first-order valence-corrected chi connectivity index (χ1v) is 7.99. The van der Waals surface area contributed by atoms with Crippen LogP contribution in [0.4, 0.5) is 13.2 Å². The van der Waals surface area contributed by atoms with Crippen molar-refractivity contribution in [1.82, 2.24) is 10.2 Å². The normalized spacial score (nSPS) is 21.5. The van der Waals surface area contributed by atoms with E-state index in [0.717, 1.165) is 0 Å². The lowest BCUT2D eigenvalue weighted by molar-refractivity contribution is -0.143. The molecule has 134 valence electrons. The lowest BCUT2D eigenvalue weighted by Crippen LogP contribution is -2.37. The summed E-state index contributed by atoms with van der Waals surface area (Å²) in [5.74, 6) is -0.295. The molecule has 0 saturated carbocycles. The quantitative estimate of drug-likeness (QED) is 0.833. The van der Waals surface area contributed by atoms with Gasteiger partial charge in [0.05, 0.1) is 18.6 Å². The molecule has 2 rings (SSSR count). The monoisotopic (exact) mass is 344 g/mol. The van der Waals surface area contributed by atoms with E-state index in [1.165, 1.54) is 4.90 Å². The zero-order valence-electron chi connectivity index (χ0n) is 13.6. The molecular weight excluding hydrogens is 321 g/mol. The summed E-state index contributed by atoms with van der Waals surface area (Å²) in [4.78, 5) is 13.4. The van der Waals surface area contributed by atoms with Crippen molar-refractivity contribution >= 4 is 5.91 Å². The van der Waals surface area contributed by atoms with Crippen LogP contribution >= 0.6 is 0 Å². The molecule has 1 amide bonds. The smallest absolute Gasteiger partial charge is 0.385 e. The summed E-state index contributed by atoms with van der Waals surface area (Å²) < 4.78 is 37.1. The predicted molar refractivity (Wildman–Crippen MR) is 84.2 cm³/mol. The first-order chi connectivity index (χ1) is 11.2. The number of carbonyl (C=O) groups excluding carboxylic acids is 1. The molecule has 1 fully saturated rings. The van der Waals surface area contributed by atoms with Gasteiger partial charge in [-0.3, -0.25) is 9.69 Å². The highest BCUT2D eigenvalue weighted by molar-refractivity contribution is 5.77. The number of nitrogens with zero attached hydrogens (tertiary/aromatic N) is 1. The van der Waals surface area contributed by atoms with Crippen molar-refractivity contribution in [2.24, 2.45) is 5.92 Å². The van der Waals surface area contributed by atoms with Gasteiger partial charge in [0, 0.05) is 13.1 Å². The van der Waals surface area contributed by atoms with Gasteiger partial charge in [0.2, 0.25) is 5.91 Å². The van der Waals surface area contributed by atoms with Gasteiger partial charge >= 0.3 is 6.18 Å². The summed E-state index contributed by atoms with van der Waals surface area (Å²) in [6.07, 6.45) is -3.64. The first-order valence-electron chi connectivity index (χ1n) is 7.99. The van der Waals surface area contributed by atoms with E-state index in [1.54, 1.807) is 31.2 Å². The van der Waals surface area contributed by atoms with Gasteiger partial charge in [-0.15, -0.1) is 0 Å². The second-order valence-electron chi connectivity index (χ2n) is 6.63. The summed E-state index contributed by atoms with van der Waals surface area (Å²) in [6.45, 7) is 1.72. The number of carbonyl (C=O) groups is 1. The molecule has 7 heteroatoms. The van der Waals surface area contributed by atoms with Gasteiger partial charge in [0.15, 0.2) is 0 Å². The Bertz CT molecular complexity index is 547. The lowest BCUT2D eigenvalue weighted by atomic mass is 9.92. The number of hydrogen-bond donors (Lipinski definition) is 2. The molecule has 24 heavy (non-hydrogen) atoms. The van der Waals surface area contributed by atoms with Crippen LogP contribution in [0.15, 0.2) is 30.3 Å². The molecule has 0 bridgehead atoms. The van der Waals surface area contributed by atoms with Crippen LogP contribution in [0.3, 0.4) is 0 Å². The molecule has 1 saturated heterocycles. The number of amides is 1. The Hall–Kier alpha value is -1.60. The number of alkyl halides is 3. The van der Waals surface area contributed by atoms with E-state index in [-0.39, 0.29) is 18.2 Å². The zero-order valence-corrected chi connectivity index (χ0v) is 13.6. The summed E-state index contributed by atoms with van der Waals surface area (Å²) in [7, 11) is 0. The molecule has 0 spiro atoms. The van der Waals surface area contributed by atoms with Gasteiger partial charge in [-0.25, -0.2) is 0 Å². The maximum absolute atomic E-state index is 12.4. The topological polar surface area (TPSA) is 52.6 Å². The van der Waals surface area contributed by atoms with E-state index in [0.29, 0.717) is 31.6 Å². The fourth-order valence-corrected chi connectivity index (χ4v) is 3.01. The first kappa shape index (κ1) is 18.7. The Labute approximate surface area is 139 Å². The number of benzene rings is 1. The Balaban J connectivity index is 1.76. The highest BCUT2D eigenvalue weighted by Crippen LogP contribution is 2.25. The van der Waals surface area contributed by atoms with Crippen molar-refractivity contribution in [2.75, 3.05) is 26.2 Å². The molecule has 1 aromatic carbocycles. The van der Waals surface area contributed by atoms with Crippen LogP contribution in [0.1, 0.15) is 25.3 Å². The minimum atomic E-state index is -4.19. The van der Waals surface area contributed by atoms with E-state index in [9.17, 15) is 23.1 Å². The Morgan fingerprint density at radius 2 is 2.00 bits per heavy atom. The Morgan fingerprint density at radius 1 is 1.33 bits per heavy atom. The standard InChI is InChI=1S/C17H23F3N2O2/c1-16(24,14-5-3-2-4-6-14)9-15(23)21-10-13-7-8-22(11-13)12-17(18,19)20/h2-6,13,24H,7-12H2,1H3,(H,21,23). The molecule has 4 nitrogen and oxygen atoms in total. The molecule has 2 N–H and O–H groups in total. The Morgan fingerprint density at radius 3 is 2.62 bits per heavy atom. The van der Waals surface area contributed by atoms with Gasteiger partial charge in [-0.1, -0.05) is 30.3 Å². The fourth-order valence-electron chi connectivity index (χ4n) is 3.01. The van der Waals surface area contributed by atoms with Gasteiger partial charge in [0.1, 0.15) is 0 Å². The predicted octanol–water partition coefficient (Wildman–Crippen LogP) is 2.28. The molecule has 1 heterocycles. The van der Waals surface area contributed by atoms with Crippen LogP contribution in [0.25, 0.3) is 0 Å². The third-order valence-electron chi connectivity index (χ3n) is 4.26. The second-order valence-corrected chi connectivity index (χ2v) is 6.63. The molecular formula is C17H23F3N2O2. The van der Waals surface area contributed by atoms with Crippen LogP contribution in [0, 0.1) is 5.92 Å². The molecule has 2 unspecified atom stereocenters. The summed E-state index contributed by atoms with van der Waals surface area (Å²) in [6, 6.07) is 8.90. The van der Waals surface area contributed by atoms with Crippen molar-refractivity contribution < 1.29 is 23.1 Å². The van der Waals surface area contributed by atoms with Crippen molar-refractivity contribution in [3.8, 4) is 0 Å². The number of rotatable bonds is 6. The van der Waals surface area contributed by atoms with Crippen molar-refractivity contribution in [3.63, 3.8) is 0 Å². The van der Waals surface area contributed by atoms with Gasteiger partial charge in [-0.2, -0.15) is 13.2 Å². The van der Waals surface area contributed by atoms with E-state index >= 15 is 0 Å². The number of halogens is 3.